The van der Waals surface area contributed by atoms with Crippen molar-refractivity contribution in [3.05, 3.63) is 47.7 Å². The van der Waals surface area contributed by atoms with Crippen molar-refractivity contribution in [3.8, 4) is 5.88 Å². The van der Waals surface area contributed by atoms with E-state index in [1.165, 1.54) is 6.42 Å². The van der Waals surface area contributed by atoms with E-state index in [0.717, 1.165) is 24.8 Å². The van der Waals surface area contributed by atoms with Crippen molar-refractivity contribution in [1.29, 1.82) is 0 Å². The number of amides is 1. The average molecular weight is 314 g/mol. The maximum absolute atomic E-state index is 12.2. The third-order valence-electron chi connectivity index (χ3n) is 4.37. The zero-order valence-electron chi connectivity index (χ0n) is 13.3. The Morgan fingerprint density at radius 3 is 2.87 bits per heavy atom. The predicted molar refractivity (Wildman–Crippen MR) is 86.2 cm³/mol. The first kappa shape index (κ1) is 15.6. The highest BCUT2D eigenvalue weighted by Crippen LogP contribution is 2.24. The van der Waals surface area contributed by atoms with Gasteiger partial charge in [-0.2, -0.15) is 0 Å². The van der Waals surface area contributed by atoms with Gasteiger partial charge in [0.05, 0.1) is 6.07 Å². The van der Waals surface area contributed by atoms with Crippen LogP contribution in [0.3, 0.4) is 0 Å². The highest BCUT2D eigenvalue weighted by Gasteiger charge is 2.25. The smallest absolute Gasteiger partial charge is 0.290 e. The first-order valence-corrected chi connectivity index (χ1v) is 8.16. The Balaban J connectivity index is 1.54. The summed E-state index contributed by atoms with van der Waals surface area (Å²) >= 11 is 0. The summed E-state index contributed by atoms with van der Waals surface area (Å²) in [4.78, 5) is 12.2. The van der Waals surface area contributed by atoms with Gasteiger partial charge in [-0.15, -0.1) is 0 Å². The Bertz CT molecular complexity index is 639. The van der Waals surface area contributed by atoms with Gasteiger partial charge in [-0.25, -0.2) is 0 Å². The summed E-state index contributed by atoms with van der Waals surface area (Å²) in [6, 6.07) is 11.6. The van der Waals surface area contributed by atoms with Crippen molar-refractivity contribution < 1.29 is 14.1 Å². The van der Waals surface area contributed by atoms with E-state index >= 15 is 0 Å². The lowest BCUT2D eigenvalue weighted by Gasteiger charge is -2.28. The lowest BCUT2D eigenvalue weighted by molar-refractivity contribution is 0.0872. The van der Waals surface area contributed by atoms with Crippen molar-refractivity contribution in [2.24, 2.45) is 5.92 Å². The summed E-state index contributed by atoms with van der Waals surface area (Å²) < 4.78 is 10.7. The van der Waals surface area contributed by atoms with Gasteiger partial charge in [0.25, 0.3) is 11.8 Å². The van der Waals surface area contributed by atoms with Crippen LogP contribution in [0, 0.1) is 5.92 Å². The topological polar surface area (TPSA) is 64.4 Å². The number of hydrogen-bond donors (Lipinski definition) is 1. The molecule has 5 heteroatoms. The van der Waals surface area contributed by atoms with Crippen LogP contribution in [0.2, 0.25) is 0 Å². The molecule has 1 N–H and O–H groups in total. The summed E-state index contributed by atoms with van der Waals surface area (Å²) in [5, 5.41) is 6.85. The van der Waals surface area contributed by atoms with E-state index in [1.54, 1.807) is 6.07 Å². The molecule has 2 aromatic rings. The van der Waals surface area contributed by atoms with Crippen LogP contribution in [0.5, 0.6) is 5.88 Å². The number of benzene rings is 1. The van der Waals surface area contributed by atoms with Crippen molar-refractivity contribution in [2.75, 3.05) is 0 Å². The van der Waals surface area contributed by atoms with Crippen LogP contribution < -0.4 is 10.1 Å². The molecule has 1 aliphatic carbocycles. The molecule has 3 rings (SSSR count). The highest BCUT2D eigenvalue weighted by atomic mass is 16.5. The molecule has 2 atom stereocenters. The zero-order valence-corrected chi connectivity index (χ0v) is 13.3. The largest absolute Gasteiger partial charge is 0.471 e. The Kier molecular flexibility index (Phi) is 4.95. The normalized spacial score (nSPS) is 20.9. The van der Waals surface area contributed by atoms with E-state index in [2.05, 4.69) is 17.4 Å². The van der Waals surface area contributed by atoms with Gasteiger partial charge in [0, 0.05) is 6.04 Å². The minimum atomic E-state index is -0.217. The maximum atomic E-state index is 12.2. The lowest BCUT2D eigenvalue weighted by atomic mass is 9.86. The SMILES string of the molecule is CC1CCCCC1NC(=O)c1cc(OCc2ccccc2)no1. The van der Waals surface area contributed by atoms with Crippen LogP contribution >= 0.6 is 0 Å². The molecule has 1 fully saturated rings. The molecule has 1 heterocycles. The predicted octanol–water partition coefficient (Wildman–Crippen LogP) is 3.56. The highest BCUT2D eigenvalue weighted by molar-refractivity contribution is 5.91. The monoisotopic (exact) mass is 314 g/mol. The molecule has 0 bridgehead atoms. The molecule has 0 saturated heterocycles. The van der Waals surface area contributed by atoms with Crippen molar-refractivity contribution in [2.45, 2.75) is 45.3 Å². The second kappa shape index (κ2) is 7.31. The summed E-state index contributed by atoms with van der Waals surface area (Å²) in [7, 11) is 0. The van der Waals surface area contributed by atoms with E-state index in [9.17, 15) is 4.79 Å². The molecule has 1 aromatic carbocycles. The molecule has 1 saturated carbocycles. The first-order valence-electron chi connectivity index (χ1n) is 8.16. The van der Waals surface area contributed by atoms with E-state index in [-0.39, 0.29) is 17.7 Å². The third-order valence-corrected chi connectivity index (χ3v) is 4.37. The van der Waals surface area contributed by atoms with Crippen molar-refractivity contribution in [3.63, 3.8) is 0 Å². The Morgan fingerprint density at radius 1 is 1.30 bits per heavy atom. The molecule has 23 heavy (non-hydrogen) atoms. The summed E-state index contributed by atoms with van der Waals surface area (Å²) in [5.41, 5.74) is 1.04. The fraction of sp³-hybridized carbons (Fsp3) is 0.444. The fourth-order valence-electron chi connectivity index (χ4n) is 2.94. The van der Waals surface area contributed by atoms with Gasteiger partial charge >= 0.3 is 0 Å². The van der Waals surface area contributed by atoms with Crippen LogP contribution in [0.1, 0.15) is 48.7 Å². The van der Waals surface area contributed by atoms with Gasteiger partial charge in [-0.1, -0.05) is 50.1 Å². The number of carbonyl (C=O) groups excluding carboxylic acids is 1. The van der Waals surface area contributed by atoms with Gasteiger partial charge < -0.3 is 14.6 Å². The van der Waals surface area contributed by atoms with Gasteiger partial charge in [0.15, 0.2) is 0 Å². The Labute approximate surface area is 136 Å². The first-order chi connectivity index (χ1) is 11.2. The zero-order chi connectivity index (χ0) is 16.1. The average Bonchev–Trinajstić information content (AvgIpc) is 3.05. The molecule has 1 amide bonds. The van der Waals surface area contributed by atoms with E-state index < -0.39 is 0 Å². The van der Waals surface area contributed by atoms with Crippen LogP contribution in [0.25, 0.3) is 0 Å². The van der Waals surface area contributed by atoms with Gasteiger partial charge in [-0.3, -0.25) is 4.79 Å². The maximum Gasteiger partial charge on any atom is 0.290 e. The molecular weight excluding hydrogens is 292 g/mol. The summed E-state index contributed by atoms with van der Waals surface area (Å²) in [6.07, 6.45) is 4.59. The Hall–Kier alpha value is -2.30. The van der Waals surface area contributed by atoms with Gasteiger partial charge in [-0.05, 0) is 29.5 Å². The number of nitrogens with one attached hydrogen (secondary N) is 1. The van der Waals surface area contributed by atoms with E-state index in [0.29, 0.717) is 18.4 Å². The molecular formula is C18H22N2O3. The molecule has 5 nitrogen and oxygen atoms in total. The second-order valence-corrected chi connectivity index (χ2v) is 6.15. The molecule has 1 aromatic heterocycles. The number of carbonyl (C=O) groups is 1. The number of aromatic nitrogens is 1. The minimum Gasteiger partial charge on any atom is -0.471 e. The fourth-order valence-corrected chi connectivity index (χ4v) is 2.94. The second-order valence-electron chi connectivity index (χ2n) is 6.15. The minimum absolute atomic E-state index is 0.200. The number of nitrogens with zero attached hydrogens (tertiary/aromatic N) is 1. The molecule has 0 spiro atoms. The molecule has 0 radical (unpaired) electrons. The molecule has 1 aliphatic rings. The molecule has 0 aliphatic heterocycles. The van der Waals surface area contributed by atoms with Crippen LogP contribution in [0.4, 0.5) is 0 Å². The van der Waals surface area contributed by atoms with Crippen LogP contribution in [-0.2, 0) is 6.61 Å². The quantitative estimate of drug-likeness (QED) is 0.916. The summed E-state index contributed by atoms with van der Waals surface area (Å²) in [6.45, 7) is 2.58. The van der Waals surface area contributed by atoms with Gasteiger partial charge in [0.2, 0.25) is 5.76 Å². The third kappa shape index (κ3) is 4.12. The number of rotatable bonds is 5. The van der Waals surface area contributed by atoms with E-state index in [4.69, 9.17) is 9.26 Å². The molecule has 2 unspecified atom stereocenters. The Morgan fingerprint density at radius 2 is 2.09 bits per heavy atom. The van der Waals surface area contributed by atoms with Crippen molar-refractivity contribution >= 4 is 5.91 Å². The van der Waals surface area contributed by atoms with Crippen molar-refractivity contribution in [1.82, 2.24) is 10.5 Å². The van der Waals surface area contributed by atoms with Crippen LogP contribution in [-0.4, -0.2) is 17.1 Å². The van der Waals surface area contributed by atoms with E-state index in [1.807, 2.05) is 30.3 Å². The number of ether oxygens (including phenoxy) is 1. The molecule has 122 valence electrons. The number of hydrogen-bond acceptors (Lipinski definition) is 4. The lowest BCUT2D eigenvalue weighted by Crippen LogP contribution is -2.40. The van der Waals surface area contributed by atoms with Crippen LogP contribution in [0.15, 0.2) is 40.9 Å². The van der Waals surface area contributed by atoms with Gasteiger partial charge in [0.1, 0.15) is 6.61 Å². The standard InChI is InChI=1S/C18H22N2O3/c1-13-7-5-6-10-15(13)19-18(21)16-11-17(20-23-16)22-12-14-8-3-2-4-9-14/h2-4,8-9,11,13,15H,5-7,10,12H2,1H3,(H,19,21). The summed E-state index contributed by atoms with van der Waals surface area (Å²) in [5.74, 6) is 0.816.